The van der Waals surface area contributed by atoms with Gasteiger partial charge in [0.05, 0.1) is 6.10 Å². The molecule has 2 nitrogen and oxygen atoms in total. The predicted molar refractivity (Wildman–Crippen MR) is 53.1 cm³/mol. The van der Waals surface area contributed by atoms with Crippen molar-refractivity contribution in [1.82, 2.24) is 0 Å². The predicted octanol–water partition coefficient (Wildman–Crippen LogP) is 2.06. The van der Waals surface area contributed by atoms with E-state index in [9.17, 15) is 5.11 Å². The molecule has 0 aliphatic rings. The summed E-state index contributed by atoms with van der Waals surface area (Å²) in [7, 11) is 0. The first-order valence-corrected chi connectivity index (χ1v) is 5.19. The number of nitrogens with two attached hydrogens (primary N) is 1. The van der Waals surface area contributed by atoms with E-state index in [1.54, 1.807) is 0 Å². The van der Waals surface area contributed by atoms with Crippen LogP contribution in [-0.2, 0) is 0 Å². The minimum absolute atomic E-state index is 0.0622. The molecule has 0 saturated carbocycles. The van der Waals surface area contributed by atoms with Gasteiger partial charge in [0.15, 0.2) is 0 Å². The number of aliphatic hydroxyl groups excluding tert-OH is 1. The highest BCUT2D eigenvalue weighted by atomic mass is 16.3. The summed E-state index contributed by atoms with van der Waals surface area (Å²) in [4.78, 5) is 0. The van der Waals surface area contributed by atoms with Gasteiger partial charge >= 0.3 is 0 Å². The molecule has 74 valence electrons. The molecule has 1 unspecified atom stereocenters. The summed E-state index contributed by atoms with van der Waals surface area (Å²) in [6.45, 7) is 2.91. The van der Waals surface area contributed by atoms with Crippen LogP contribution in [0, 0.1) is 0 Å². The molecular formula is C10H23NO. The third-order valence-electron chi connectivity index (χ3n) is 2.11. The molecule has 2 heteroatoms. The molecule has 0 aliphatic heterocycles. The minimum atomic E-state index is -0.0622. The van der Waals surface area contributed by atoms with Gasteiger partial charge in [-0.05, 0) is 25.8 Å². The lowest BCUT2D eigenvalue weighted by Crippen LogP contribution is -2.05. The molecule has 0 aliphatic carbocycles. The molecule has 0 radical (unpaired) electrons. The van der Waals surface area contributed by atoms with Gasteiger partial charge in [0, 0.05) is 0 Å². The van der Waals surface area contributed by atoms with E-state index in [4.69, 9.17) is 5.73 Å². The maximum absolute atomic E-state index is 9.38. The molecule has 0 amide bonds. The van der Waals surface area contributed by atoms with Gasteiger partial charge in [0.2, 0.25) is 0 Å². The molecule has 0 aromatic carbocycles. The zero-order valence-corrected chi connectivity index (χ0v) is 8.26. The summed E-state index contributed by atoms with van der Waals surface area (Å²) in [5, 5.41) is 9.38. The fraction of sp³-hybridized carbons (Fsp3) is 1.00. The molecule has 12 heavy (non-hydrogen) atoms. The van der Waals surface area contributed by atoms with Crippen LogP contribution in [0.3, 0.4) is 0 Å². The second kappa shape index (κ2) is 9.01. The summed E-state index contributed by atoms with van der Waals surface area (Å²) in [5.74, 6) is 0. The molecule has 0 bridgehead atoms. The van der Waals surface area contributed by atoms with Crippen LogP contribution in [0.5, 0.6) is 0 Å². The quantitative estimate of drug-likeness (QED) is 0.552. The van der Waals surface area contributed by atoms with E-state index in [2.05, 4.69) is 6.92 Å². The summed E-state index contributed by atoms with van der Waals surface area (Å²) < 4.78 is 0. The van der Waals surface area contributed by atoms with Crippen molar-refractivity contribution in [2.45, 2.75) is 58.0 Å². The standard InChI is InChI=1S/C10H23NO/c1-2-7-10(12)8-5-3-4-6-9-11/h10,12H,2-9,11H2,1H3. The number of hydrogen-bond acceptors (Lipinski definition) is 2. The van der Waals surface area contributed by atoms with Crippen molar-refractivity contribution in [1.29, 1.82) is 0 Å². The Morgan fingerprint density at radius 2 is 1.75 bits per heavy atom. The summed E-state index contributed by atoms with van der Waals surface area (Å²) in [5.41, 5.74) is 5.37. The van der Waals surface area contributed by atoms with Gasteiger partial charge in [0.1, 0.15) is 0 Å². The minimum Gasteiger partial charge on any atom is -0.393 e. The van der Waals surface area contributed by atoms with E-state index in [1.807, 2.05) is 0 Å². The van der Waals surface area contributed by atoms with Crippen molar-refractivity contribution in [3.05, 3.63) is 0 Å². The van der Waals surface area contributed by atoms with E-state index in [0.29, 0.717) is 0 Å². The van der Waals surface area contributed by atoms with Crippen molar-refractivity contribution >= 4 is 0 Å². The first-order valence-electron chi connectivity index (χ1n) is 5.19. The largest absolute Gasteiger partial charge is 0.393 e. The molecular weight excluding hydrogens is 150 g/mol. The topological polar surface area (TPSA) is 46.2 Å². The van der Waals surface area contributed by atoms with Gasteiger partial charge in [-0.1, -0.05) is 32.6 Å². The third-order valence-corrected chi connectivity index (χ3v) is 2.11. The number of unbranched alkanes of at least 4 members (excludes halogenated alkanes) is 3. The molecule has 1 atom stereocenters. The van der Waals surface area contributed by atoms with Gasteiger partial charge in [-0.15, -0.1) is 0 Å². The zero-order valence-electron chi connectivity index (χ0n) is 8.26. The highest BCUT2D eigenvalue weighted by Gasteiger charge is 2.00. The SMILES string of the molecule is CCCC(O)CCCCCCN. The Hall–Kier alpha value is -0.0800. The number of rotatable bonds is 8. The Bertz CT molecular complexity index is 85.9. The Morgan fingerprint density at radius 3 is 2.33 bits per heavy atom. The van der Waals surface area contributed by atoms with Crippen LogP contribution < -0.4 is 5.73 Å². The molecule has 0 fully saturated rings. The van der Waals surface area contributed by atoms with Crippen molar-refractivity contribution in [2.75, 3.05) is 6.54 Å². The van der Waals surface area contributed by atoms with Crippen LogP contribution in [0.15, 0.2) is 0 Å². The van der Waals surface area contributed by atoms with E-state index in [0.717, 1.165) is 38.6 Å². The van der Waals surface area contributed by atoms with E-state index in [1.165, 1.54) is 12.8 Å². The van der Waals surface area contributed by atoms with Crippen molar-refractivity contribution in [3.8, 4) is 0 Å². The van der Waals surface area contributed by atoms with Gasteiger partial charge in [0.25, 0.3) is 0 Å². The molecule has 3 N–H and O–H groups in total. The van der Waals surface area contributed by atoms with Crippen LogP contribution in [0.25, 0.3) is 0 Å². The maximum atomic E-state index is 9.38. The highest BCUT2D eigenvalue weighted by molar-refractivity contribution is 4.54. The third kappa shape index (κ3) is 8.02. The van der Waals surface area contributed by atoms with Crippen molar-refractivity contribution in [3.63, 3.8) is 0 Å². The second-order valence-electron chi connectivity index (χ2n) is 3.43. The molecule has 0 rings (SSSR count). The van der Waals surface area contributed by atoms with Crippen molar-refractivity contribution in [2.24, 2.45) is 5.73 Å². The Morgan fingerprint density at radius 1 is 1.08 bits per heavy atom. The molecule has 0 aromatic heterocycles. The van der Waals surface area contributed by atoms with E-state index < -0.39 is 0 Å². The van der Waals surface area contributed by atoms with Gasteiger partial charge < -0.3 is 10.8 Å². The van der Waals surface area contributed by atoms with E-state index in [-0.39, 0.29) is 6.10 Å². The molecule has 0 heterocycles. The second-order valence-corrected chi connectivity index (χ2v) is 3.43. The average molecular weight is 173 g/mol. The lowest BCUT2D eigenvalue weighted by Gasteiger charge is -2.07. The zero-order chi connectivity index (χ0) is 9.23. The van der Waals surface area contributed by atoms with Gasteiger partial charge in [-0.25, -0.2) is 0 Å². The maximum Gasteiger partial charge on any atom is 0.0540 e. The van der Waals surface area contributed by atoms with Crippen LogP contribution >= 0.6 is 0 Å². The van der Waals surface area contributed by atoms with Crippen LogP contribution in [0.2, 0.25) is 0 Å². The Balaban J connectivity index is 2.97. The first-order chi connectivity index (χ1) is 5.81. The van der Waals surface area contributed by atoms with Crippen LogP contribution in [0.4, 0.5) is 0 Å². The van der Waals surface area contributed by atoms with E-state index >= 15 is 0 Å². The van der Waals surface area contributed by atoms with Gasteiger partial charge in [-0.2, -0.15) is 0 Å². The fourth-order valence-electron chi connectivity index (χ4n) is 1.36. The highest BCUT2D eigenvalue weighted by Crippen LogP contribution is 2.08. The number of hydrogen-bond donors (Lipinski definition) is 2. The number of aliphatic hydroxyl groups is 1. The smallest absolute Gasteiger partial charge is 0.0540 e. The average Bonchev–Trinajstić information content (AvgIpc) is 2.05. The molecule has 0 aromatic rings. The lowest BCUT2D eigenvalue weighted by atomic mass is 10.1. The summed E-state index contributed by atoms with van der Waals surface area (Å²) >= 11 is 0. The summed E-state index contributed by atoms with van der Waals surface area (Å²) in [6.07, 6.45) is 7.67. The van der Waals surface area contributed by atoms with Crippen LogP contribution in [0.1, 0.15) is 51.9 Å². The molecule has 0 saturated heterocycles. The summed E-state index contributed by atoms with van der Waals surface area (Å²) in [6, 6.07) is 0. The lowest BCUT2D eigenvalue weighted by molar-refractivity contribution is 0.150. The van der Waals surface area contributed by atoms with Crippen LogP contribution in [-0.4, -0.2) is 17.8 Å². The molecule has 0 spiro atoms. The first kappa shape index (κ1) is 11.9. The fourth-order valence-corrected chi connectivity index (χ4v) is 1.36. The normalized spacial score (nSPS) is 13.2. The Labute approximate surface area is 76.2 Å². The monoisotopic (exact) mass is 173 g/mol. The van der Waals surface area contributed by atoms with Gasteiger partial charge in [-0.3, -0.25) is 0 Å². The van der Waals surface area contributed by atoms with Crippen molar-refractivity contribution < 1.29 is 5.11 Å². The Kier molecular flexibility index (Phi) is 8.95.